The van der Waals surface area contributed by atoms with Crippen LogP contribution in [0.15, 0.2) is 24.3 Å². The highest BCUT2D eigenvalue weighted by Crippen LogP contribution is 2.14. The maximum absolute atomic E-state index is 11.9. The van der Waals surface area contributed by atoms with E-state index in [9.17, 15) is 8.42 Å². The second kappa shape index (κ2) is 5.83. The van der Waals surface area contributed by atoms with E-state index in [1.165, 1.54) is 4.31 Å². The van der Waals surface area contributed by atoms with Gasteiger partial charge in [-0.1, -0.05) is 13.8 Å². The van der Waals surface area contributed by atoms with Gasteiger partial charge in [0.1, 0.15) is 0 Å². The van der Waals surface area contributed by atoms with Gasteiger partial charge >= 0.3 is 10.2 Å². The number of nitrogens with zero attached hydrogens (tertiary/aromatic N) is 1. The van der Waals surface area contributed by atoms with Crippen LogP contribution in [0.2, 0.25) is 0 Å². The number of hydrogen-bond acceptors (Lipinski definition) is 2. The van der Waals surface area contributed by atoms with Crippen LogP contribution < -0.4 is 4.72 Å². The lowest BCUT2D eigenvalue weighted by molar-refractivity contribution is 0.449. The minimum Gasteiger partial charge on any atom is -0.271 e. The van der Waals surface area contributed by atoms with Gasteiger partial charge in [-0.3, -0.25) is 4.72 Å². The quantitative estimate of drug-likeness (QED) is 0.825. The van der Waals surface area contributed by atoms with Gasteiger partial charge in [0, 0.05) is 22.3 Å². The first kappa shape index (κ1) is 13.7. The molecule has 0 bridgehead atoms. The monoisotopic (exact) mass is 354 g/mol. The van der Waals surface area contributed by atoms with Crippen LogP contribution in [0, 0.1) is 3.57 Å². The Hall–Kier alpha value is -0.340. The largest absolute Gasteiger partial charge is 0.301 e. The van der Waals surface area contributed by atoms with Crippen molar-refractivity contribution >= 4 is 38.5 Å². The average molecular weight is 354 g/mol. The Balaban J connectivity index is 2.84. The molecular weight excluding hydrogens is 339 g/mol. The Bertz CT molecular complexity index is 427. The lowest BCUT2D eigenvalue weighted by Crippen LogP contribution is -2.35. The molecule has 1 N–H and O–H groups in total. The van der Waals surface area contributed by atoms with E-state index in [4.69, 9.17) is 0 Å². The molecule has 90 valence electrons. The van der Waals surface area contributed by atoms with E-state index in [2.05, 4.69) is 27.3 Å². The summed E-state index contributed by atoms with van der Waals surface area (Å²) in [7, 11) is -3.41. The van der Waals surface area contributed by atoms with Crippen LogP contribution in [-0.2, 0) is 10.2 Å². The molecule has 16 heavy (non-hydrogen) atoms. The standard InChI is InChI=1S/C10H15IN2O2S/c1-3-13(4-2)16(14,15)12-10-7-5-9(11)6-8-10/h5-8,12H,3-4H2,1-2H3. The fourth-order valence-corrected chi connectivity index (χ4v) is 2.90. The first-order valence-electron chi connectivity index (χ1n) is 5.03. The summed E-state index contributed by atoms with van der Waals surface area (Å²) in [6, 6.07) is 7.23. The summed E-state index contributed by atoms with van der Waals surface area (Å²) in [6.45, 7) is 4.57. The summed E-state index contributed by atoms with van der Waals surface area (Å²) in [5.41, 5.74) is 0.590. The third-order valence-corrected chi connectivity index (χ3v) is 4.55. The summed E-state index contributed by atoms with van der Waals surface area (Å²) in [5.74, 6) is 0. The van der Waals surface area contributed by atoms with Crippen molar-refractivity contribution in [3.8, 4) is 0 Å². The van der Waals surface area contributed by atoms with E-state index < -0.39 is 10.2 Å². The fraction of sp³-hybridized carbons (Fsp3) is 0.400. The van der Waals surface area contributed by atoms with Crippen molar-refractivity contribution < 1.29 is 8.42 Å². The molecule has 0 saturated carbocycles. The molecule has 0 aliphatic carbocycles. The SMILES string of the molecule is CCN(CC)S(=O)(=O)Nc1ccc(I)cc1. The molecule has 0 fully saturated rings. The highest BCUT2D eigenvalue weighted by Gasteiger charge is 2.17. The molecule has 0 saturated heterocycles. The van der Waals surface area contributed by atoms with Crippen LogP contribution in [0.5, 0.6) is 0 Å². The minimum absolute atomic E-state index is 0.468. The molecule has 0 spiro atoms. The van der Waals surface area contributed by atoms with Gasteiger partial charge in [-0.25, -0.2) is 0 Å². The number of benzene rings is 1. The minimum atomic E-state index is -3.41. The van der Waals surface area contributed by atoms with Gasteiger partial charge in [0.05, 0.1) is 0 Å². The van der Waals surface area contributed by atoms with Crippen molar-refractivity contribution in [3.63, 3.8) is 0 Å². The van der Waals surface area contributed by atoms with E-state index in [1.54, 1.807) is 12.1 Å². The third kappa shape index (κ3) is 3.60. The van der Waals surface area contributed by atoms with E-state index in [-0.39, 0.29) is 0 Å². The molecule has 6 heteroatoms. The zero-order chi connectivity index (χ0) is 12.2. The van der Waals surface area contributed by atoms with Crippen molar-refractivity contribution in [2.45, 2.75) is 13.8 Å². The Labute approximate surface area is 110 Å². The smallest absolute Gasteiger partial charge is 0.271 e. The Kier molecular flexibility index (Phi) is 5.00. The van der Waals surface area contributed by atoms with Crippen molar-refractivity contribution in [3.05, 3.63) is 27.8 Å². The zero-order valence-corrected chi connectivity index (χ0v) is 12.2. The van der Waals surface area contributed by atoms with Crippen LogP contribution >= 0.6 is 22.6 Å². The summed E-state index contributed by atoms with van der Waals surface area (Å²) < 4.78 is 28.7. The van der Waals surface area contributed by atoms with Crippen LogP contribution in [0.25, 0.3) is 0 Å². The van der Waals surface area contributed by atoms with E-state index in [0.717, 1.165) is 3.57 Å². The van der Waals surface area contributed by atoms with Gasteiger partial charge in [-0.05, 0) is 46.9 Å². The topological polar surface area (TPSA) is 49.4 Å². The molecule has 1 aromatic carbocycles. The molecule has 0 atom stereocenters. The molecule has 1 aromatic rings. The van der Waals surface area contributed by atoms with Crippen molar-refractivity contribution in [2.24, 2.45) is 0 Å². The van der Waals surface area contributed by atoms with Crippen LogP contribution in [0.1, 0.15) is 13.8 Å². The highest BCUT2D eigenvalue weighted by molar-refractivity contribution is 14.1. The second-order valence-corrected chi connectivity index (χ2v) is 6.11. The fourth-order valence-electron chi connectivity index (χ4n) is 1.29. The molecule has 0 aromatic heterocycles. The lowest BCUT2D eigenvalue weighted by atomic mass is 10.3. The van der Waals surface area contributed by atoms with Crippen LogP contribution in [0.3, 0.4) is 0 Å². The maximum Gasteiger partial charge on any atom is 0.301 e. The van der Waals surface area contributed by atoms with Gasteiger partial charge in [0.25, 0.3) is 0 Å². The predicted molar refractivity (Wildman–Crippen MR) is 74.6 cm³/mol. The normalized spacial score (nSPS) is 11.8. The molecule has 1 rings (SSSR count). The molecular formula is C10H15IN2O2S. The number of hydrogen-bond donors (Lipinski definition) is 1. The van der Waals surface area contributed by atoms with Gasteiger partial charge in [-0.15, -0.1) is 0 Å². The average Bonchev–Trinajstić information content (AvgIpc) is 2.22. The lowest BCUT2D eigenvalue weighted by Gasteiger charge is -2.19. The molecule has 0 heterocycles. The van der Waals surface area contributed by atoms with Gasteiger partial charge in [0.2, 0.25) is 0 Å². The number of nitrogens with one attached hydrogen (secondary N) is 1. The van der Waals surface area contributed by atoms with Gasteiger partial charge < -0.3 is 0 Å². The molecule has 0 aliphatic rings. The van der Waals surface area contributed by atoms with Crippen molar-refractivity contribution in [1.82, 2.24) is 4.31 Å². The third-order valence-electron chi connectivity index (χ3n) is 2.14. The highest BCUT2D eigenvalue weighted by atomic mass is 127. The van der Waals surface area contributed by atoms with Crippen LogP contribution in [-0.4, -0.2) is 25.8 Å². The summed E-state index contributed by atoms with van der Waals surface area (Å²) in [5, 5.41) is 0. The number of anilines is 1. The molecule has 4 nitrogen and oxygen atoms in total. The van der Waals surface area contributed by atoms with Crippen molar-refractivity contribution in [1.29, 1.82) is 0 Å². The zero-order valence-electron chi connectivity index (χ0n) is 9.27. The molecule has 0 unspecified atom stereocenters. The van der Waals surface area contributed by atoms with Crippen molar-refractivity contribution in [2.75, 3.05) is 17.8 Å². The Morgan fingerprint density at radius 3 is 2.12 bits per heavy atom. The van der Waals surface area contributed by atoms with Crippen LogP contribution in [0.4, 0.5) is 5.69 Å². The molecule has 0 radical (unpaired) electrons. The second-order valence-electron chi connectivity index (χ2n) is 3.20. The summed E-state index contributed by atoms with van der Waals surface area (Å²) in [6.07, 6.45) is 0. The number of rotatable bonds is 5. The maximum atomic E-state index is 11.9. The first-order valence-corrected chi connectivity index (χ1v) is 7.55. The summed E-state index contributed by atoms with van der Waals surface area (Å²) >= 11 is 2.17. The van der Waals surface area contributed by atoms with Gasteiger partial charge in [-0.2, -0.15) is 12.7 Å². The van der Waals surface area contributed by atoms with E-state index in [1.807, 2.05) is 26.0 Å². The Morgan fingerprint density at radius 2 is 1.69 bits per heavy atom. The summed E-state index contributed by atoms with van der Waals surface area (Å²) in [4.78, 5) is 0. The predicted octanol–water partition coefficient (Wildman–Crippen LogP) is 2.29. The molecule has 0 aliphatic heterocycles. The van der Waals surface area contributed by atoms with E-state index >= 15 is 0 Å². The number of halogens is 1. The van der Waals surface area contributed by atoms with E-state index in [0.29, 0.717) is 18.8 Å². The van der Waals surface area contributed by atoms with Gasteiger partial charge in [0.15, 0.2) is 0 Å². The first-order chi connectivity index (χ1) is 7.49. The molecule has 0 amide bonds. The Morgan fingerprint density at radius 1 is 1.19 bits per heavy atom.